The number of carbonyl (C=O) groups is 1. The molecule has 0 heterocycles. The average Bonchev–Trinajstić information content (AvgIpc) is 2.29. The van der Waals surface area contributed by atoms with Crippen molar-refractivity contribution in [3.8, 4) is 0 Å². The first-order valence-electron chi connectivity index (χ1n) is 5.85. The normalized spacial score (nSPS) is 14.2. The minimum atomic E-state index is -0.217. The molecule has 0 bridgehead atoms. The van der Waals surface area contributed by atoms with E-state index in [-0.39, 0.29) is 17.9 Å². The number of nitrogens with two attached hydrogens (primary N) is 1. The largest absolute Gasteiger partial charge is 0.469 e. The number of methoxy groups -OCH3 is 1. The van der Waals surface area contributed by atoms with Crippen molar-refractivity contribution in [3.05, 3.63) is 34.9 Å². The predicted octanol–water partition coefficient (Wildman–Crippen LogP) is 2.30. The lowest BCUT2D eigenvalue weighted by Gasteiger charge is -2.21. The maximum Gasteiger partial charge on any atom is 0.306 e. The van der Waals surface area contributed by atoms with Crippen LogP contribution in [0.3, 0.4) is 0 Å². The Labute approximate surface area is 103 Å². The van der Waals surface area contributed by atoms with Crippen molar-refractivity contribution in [2.75, 3.05) is 7.11 Å². The monoisotopic (exact) mass is 235 g/mol. The molecule has 3 nitrogen and oxygen atoms in total. The van der Waals surface area contributed by atoms with Crippen LogP contribution in [0.2, 0.25) is 0 Å². The van der Waals surface area contributed by atoms with Crippen LogP contribution < -0.4 is 5.73 Å². The minimum absolute atomic E-state index is 0.0155. The Balaban J connectivity index is 2.97. The molecule has 0 aromatic heterocycles. The molecule has 0 aliphatic heterocycles. The van der Waals surface area contributed by atoms with E-state index in [1.165, 1.54) is 18.2 Å². The summed E-state index contributed by atoms with van der Waals surface area (Å²) in [5.41, 5.74) is 9.52. The molecule has 0 aliphatic rings. The maximum absolute atomic E-state index is 11.4. The molecule has 3 heteroatoms. The Kier molecular flexibility index (Phi) is 4.70. The highest BCUT2D eigenvalue weighted by molar-refractivity contribution is 5.70. The van der Waals surface area contributed by atoms with E-state index in [2.05, 4.69) is 26.0 Å². The molecule has 0 aliphatic carbocycles. The summed E-state index contributed by atoms with van der Waals surface area (Å²) in [5.74, 6) is -0.202. The van der Waals surface area contributed by atoms with Gasteiger partial charge in [-0.05, 0) is 37.5 Å². The maximum atomic E-state index is 11.4. The highest BCUT2D eigenvalue weighted by Gasteiger charge is 2.20. The summed E-state index contributed by atoms with van der Waals surface area (Å²) in [6, 6.07) is 6.14. The van der Waals surface area contributed by atoms with Crippen LogP contribution in [0.25, 0.3) is 0 Å². The number of benzene rings is 1. The molecule has 94 valence electrons. The third kappa shape index (κ3) is 3.56. The molecule has 17 heavy (non-hydrogen) atoms. The van der Waals surface area contributed by atoms with E-state index < -0.39 is 0 Å². The molecule has 0 saturated carbocycles. The molecule has 0 saturated heterocycles. The summed E-state index contributed by atoms with van der Waals surface area (Å²) >= 11 is 0. The Morgan fingerprint density at radius 3 is 2.47 bits per heavy atom. The van der Waals surface area contributed by atoms with Gasteiger partial charge in [0.1, 0.15) is 0 Å². The van der Waals surface area contributed by atoms with E-state index in [9.17, 15) is 4.79 Å². The van der Waals surface area contributed by atoms with Gasteiger partial charge in [-0.3, -0.25) is 4.79 Å². The minimum Gasteiger partial charge on any atom is -0.469 e. The zero-order valence-corrected chi connectivity index (χ0v) is 11.0. The number of hydrogen-bond donors (Lipinski definition) is 1. The summed E-state index contributed by atoms with van der Waals surface area (Å²) in [5, 5.41) is 0. The molecule has 1 aromatic rings. The fourth-order valence-corrected chi connectivity index (χ4v) is 1.87. The van der Waals surface area contributed by atoms with Crippen molar-refractivity contribution in [2.24, 2.45) is 5.73 Å². The van der Waals surface area contributed by atoms with Gasteiger partial charge < -0.3 is 10.5 Å². The van der Waals surface area contributed by atoms with E-state index in [0.29, 0.717) is 6.42 Å². The summed E-state index contributed by atoms with van der Waals surface area (Å²) in [4.78, 5) is 11.4. The predicted molar refractivity (Wildman–Crippen MR) is 68.9 cm³/mol. The van der Waals surface area contributed by atoms with Crippen molar-refractivity contribution in [2.45, 2.75) is 39.2 Å². The fourth-order valence-electron chi connectivity index (χ4n) is 1.87. The van der Waals surface area contributed by atoms with E-state index in [1.54, 1.807) is 0 Å². The molecule has 0 amide bonds. The molecular formula is C14H21NO2. The van der Waals surface area contributed by atoms with Gasteiger partial charge in [0.2, 0.25) is 0 Å². The average molecular weight is 235 g/mol. The Morgan fingerprint density at radius 1 is 1.35 bits per heavy atom. The first-order chi connectivity index (χ1) is 7.95. The van der Waals surface area contributed by atoms with Gasteiger partial charge in [-0.25, -0.2) is 0 Å². The number of aryl methyl sites for hydroxylation is 2. The lowest BCUT2D eigenvalue weighted by atomic mass is 9.88. The summed E-state index contributed by atoms with van der Waals surface area (Å²) in [6.45, 7) is 6.05. The Hall–Kier alpha value is -1.35. The third-order valence-corrected chi connectivity index (χ3v) is 3.21. The Morgan fingerprint density at radius 2 is 2.00 bits per heavy atom. The van der Waals surface area contributed by atoms with Crippen molar-refractivity contribution < 1.29 is 9.53 Å². The van der Waals surface area contributed by atoms with Crippen molar-refractivity contribution in [1.29, 1.82) is 0 Å². The van der Waals surface area contributed by atoms with Crippen LogP contribution >= 0.6 is 0 Å². The molecule has 2 N–H and O–H groups in total. The van der Waals surface area contributed by atoms with Gasteiger partial charge in [0.05, 0.1) is 13.5 Å². The van der Waals surface area contributed by atoms with Crippen LogP contribution in [0.4, 0.5) is 0 Å². The van der Waals surface area contributed by atoms with Gasteiger partial charge in [0.25, 0.3) is 0 Å². The quantitative estimate of drug-likeness (QED) is 0.815. The third-order valence-electron chi connectivity index (χ3n) is 3.21. The second-order valence-corrected chi connectivity index (χ2v) is 4.59. The van der Waals surface area contributed by atoms with Crippen LogP contribution in [-0.4, -0.2) is 19.1 Å². The first-order valence-corrected chi connectivity index (χ1v) is 5.85. The number of carbonyl (C=O) groups excluding carboxylic acids is 1. The highest BCUT2D eigenvalue weighted by atomic mass is 16.5. The number of ether oxygens (including phenoxy) is 1. The molecule has 0 radical (unpaired) electrons. The second kappa shape index (κ2) is 5.82. The number of esters is 1. The van der Waals surface area contributed by atoms with Gasteiger partial charge in [-0.15, -0.1) is 0 Å². The van der Waals surface area contributed by atoms with Crippen LogP contribution in [0.15, 0.2) is 18.2 Å². The van der Waals surface area contributed by atoms with Gasteiger partial charge in [-0.2, -0.15) is 0 Å². The SMILES string of the molecule is COC(=O)CC(c1ccc(C)c(C)c1)C(C)N. The molecule has 0 fully saturated rings. The highest BCUT2D eigenvalue weighted by Crippen LogP contribution is 2.25. The first kappa shape index (κ1) is 13.7. The Bertz CT molecular complexity index is 399. The number of hydrogen-bond acceptors (Lipinski definition) is 3. The van der Waals surface area contributed by atoms with E-state index in [0.717, 1.165) is 5.56 Å². The van der Waals surface area contributed by atoms with Gasteiger partial charge >= 0.3 is 5.97 Å². The van der Waals surface area contributed by atoms with E-state index in [4.69, 9.17) is 10.5 Å². The van der Waals surface area contributed by atoms with E-state index >= 15 is 0 Å². The van der Waals surface area contributed by atoms with Crippen molar-refractivity contribution in [3.63, 3.8) is 0 Å². The van der Waals surface area contributed by atoms with Crippen molar-refractivity contribution >= 4 is 5.97 Å². The molecule has 2 unspecified atom stereocenters. The molecule has 2 atom stereocenters. The van der Waals surface area contributed by atoms with Crippen LogP contribution in [0.1, 0.15) is 36.0 Å². The lowest BCUT2D eigenvalue weighted by Crippen LogP contribution is -2.27. The number of rotatable bonds is 4. The van der Waals surface area contributed by atoms with Crippen LogP contribution in [0, 0.1) is 13.8 Å². The smallest absolute Gasteiger partial charge is 0.306 e. The standard InChI is InChI=1S/C14H21NO2/c1-9-5-6-12(7-10(9)2)13(11(3)15)8-14(16)17-4/h5-7,11,13H,8,15H2,1-4H3. The molecule has 1 aromatic carbocycles. The van der Waals surface area contributed by atoms with Gasteiger partial charge in [-0.1, -0.05) is 18.2 Å². The lowest BCUT2D eigenvalue weighted by molar-refractivity contribution is -0.141. The second-order valence-electron chi connectivity index (χ2n) is 4.59. The van der Waals surface area contributed by atoms with Crippen LogP contribution in [-0.2, 0) is 9.53 Å². The van der Waals surface area contributed by atoms with E-state index in [1.807, 2.05) is 13.0 Å². The summed E-state index contributed by atoms with van der Waals surface area (Å²) < 4.78 is 4.71. The summed E-state index contributed by atoms with van der Waals surface area (Å²) in [6.07, 6.45) is 0.330. The summed E-state index contributed by atoms with van der Waals surface area (Å²) in [7, 11) is 1.40. The zero-order chi connectivity index (χ0) is 13.0. The zero-order valence-electron chi connectivity index (χ0n) is 11.0. The van der Waals surface area contributed by atoms with Crippen LogP contribution in [0.5, 0.6) is 0 Å². The molecular weight excluding hydrogens is 214 g/mol. The fraction of sp³-hybridized carbons (Fsp3) is 0.500. The molecule has 0 spiro atoms. The topological polar surface area (TPSA) is 52.3 Å². The van der Waals surface area contributed by atoms with Gasteiger partial charge in [0.15, 0.2) is 0 Å². The van der Waals surface area contributed by atoms with Gasteiger partial charge in [0, 0.05) is 12.0 Å². The molecule has 1 rings (SSSR count). The van der Waals surface area contributed by atoms with Crippen molar-refractivity contribution in [1.82, 2.24) is 0 Å².